The highest BCUT2D eigenvalue weighted by atomic mass is 16.5. The topological polar surface area (TPSA) is 95.4 Å². The first-order valence-electron chi connectivity index (χ1n) is 4.57. The van der Waals surface area contributed by atoms with Gasteiger partial charge in [-0.15, -0.1) is 0 Å². The van der Waals surface area contributed by atoms with Gasteiger partial charge in [-0.25, -0.2) is 4.79 Å². The molecule has 0 aliphatic rings. The molecule has 0 spiro atoms. The highest BCUT2D eigenvalue weighted by molar-refractivity contribution is 6.07. The first kappa shape index (κ1) is 13.1. The molecule has 14 heavy (non-hydrogen) atoms. The number of hydrogen-bond donors (Lipinski definition) is 2. The molecule has 5 heteroatoms. The van der Waals surface area contributed by atoms with Crippen molar-refractivity contribution in [1.82, 2.24) is 0 Å². The largest absolute Gasteiger partial charge is 0.467 e. The second-order valence-corrected chi connectivity index (χ2v) is 3.26. The zero-order valence-electron chi connectivity index (χ0n) is 8.71. The third-order valence-electron chi connectivity index (χ3n) is 2.20. The van der Waals surface area contributed by atoms with Gasteiger partial charge in [0.05, 0.1) is 7.11 Å². The molecule has 0 aromatic rings. The van der Waals surface area contributed by atoms with E-state index in [2.05, 4.69) is 4.74 Å². The summed E-state index contributed by atoms with van der Waals surface area (Å²) >= 11 is 0. The Kier molecular flexibility index (Phi) is 5.34. The highest BCUT2D eigenvalue weighted by Gasteiger charge is 2.39. The quantitative estimate of drug-likeness (QED) is 0.346. The van der Waals surface area contributed by atoms with Crippen molar-refractivity contribution in [2.75, 3.05) is 13.7 Å². The van der Waals surface area contributed by atoms with Crippen LogP contribution in [0.15, 0.2) is 0 Å². The molecular formula is C9H18N2O3. The van der Waals surface area contributed by atoms with Gasteiger partial charge in [0.1, 0.15) is 0 Å². The summed E-state index contributed by atoms with van der Waals surface area (Å²) in [6.45, 7) is 1.81. The minimum atomic E-state index is -1.50. The zero-order valence-corrected chi connectivity index (χ0v) is 8.71. The van der Waals surface area contributed by atoms with Crippen molar-refractivity contribution < 1.29 is 14.3 Å². The maximum absolute atomic E-state index is 11.3. The van der Waals surface area contributed by atoms with E-state index in [-0.39, 0.29) is 12.2 Å². The summed E-state index contributed by atoms with van der Waals surface area (Å²) in [5.41, 5.74) is 9.48. The number of methoxy groups -OCH3 is 1. The van der Waals surface area contributed by atoms with E-state index in [1.165, 1.54) is 14.0 Å². The lowest BCUT2D eigenvalue weighted by molar-refractivity contribution is -0.151. The minimum Gasteiger partial charge on any atom is -0.467 e. The number of unbranched alkanes of at least 4 members (excludes halogenated alkanes) is 1. The first-order chi connectivity index (χ1) is 6.49. The van der Waals surface area contributed by atoms with Gasteiger partial charge in [0.25, 0.3) is 0 Å². The van der Waals surface area contributed by atoms with Crippen LogP contribution in [-0.2, 0) is 14.3 Å². The average Bonchev–Trinajstić information content (AvgIpc) is 2.16. The van der Waals surface area contributed by atoms with E-state index in [0.29, 0.717) is 13.0 Å². The average molecular weight is 202 g/mol. The molecule has 0 aromatic carbocycles. The number of nitrogens with two attached hydrogens (primary N) is 2. The van der Waals surface area contributed by atoms with Gasteiger partial charge in [-0.2, -0.15) is 0 Å². The van der Waals surface area contributed by atoms with E-state index in [0.717, 1.165) is 6.42 Å². The fourth-order valence-corrected chi connectivity index (χ4v) is 1.15. The summed E-state index contributed by atoms with van der Waals surface area (Å²) in [6, 6.07) is 0. The van der Waals surface area contributed by atoms with Gasteiger partial charge in [-0.3, -0.25) is 4.79 Å². The fourth-order valence-electron chi connectivity index (χ4n) is 1.15. The summed E-state index contributed by atoms with van der Waals surface area (Å²) in [5, 5.41) is 0. The first-order valence-corrected chi connectivity index (χ1v) is 4.57. The molecule has 0 aliphatic carbocycles. The molecule has 4 N–H and O–H groups in total. The highest BCUT2D eigenvalue weighted by Crippen LogP contribution is 2.14. The molecule has 1 atom stereocenters. The maximum atomic E-state index is 11.3. The SMILES string of the molecule is COC(=O)[C@@](N)(CCCCN)C(C)=O. The van der Waals surface area contributed by atoms with Crippen LogP contribution in [0.2, 0.25) is 0 Å². The predicted octanol–water partition coefficient (Wildman–Crippen LogP) is -0.425. The van der Waals surface area contributed by atoms with E-state index >= 15 is 0 Å². The van der Waals surface area contributed by atoms with Gasteiger partial charge >= 0.3 is 5.97 Å². The summed E-state index contributed by atoms with van der Waals surface area (Å²) in [6.07, 6.45) is 1.66. The summed E-state index contributed by atoms with van der Waals surface area (Å²) in [5.74, 6) is -1.05. The fraction of sp³-hybridized carbons (Fsp3) is 0.778. The van der Waals surface area contributed by atoms with Crippen molar-refractivity contribution >= 4 is 11.8 Å². The van der Waals surface area contributed by atoms with Crippen LogP contribution >= 0.6 is 0 Å². The van der Waals surface area contributed by atoms with Crippen LogP contribution in [0, 0.1) is 0 Å². The van der Waals surface area contributed by atoms with Crippen molar-refractivity contribution in [3.63, 3.8) is 0 Å². The zero-order chi connectivity index (χ0) is 11.2. The van der Waals surface area contributed by atoms with Gasteiger partial charge in [0.2, 0.25) is 0 Å². The summed E-state index contributed by atoms with van der Waals surface area (Å²) < 4.78 is 4.49. The molecule has 0 amide bonds. The number of ether oxygens (including phenoxy) is 1. The van der Waals surface area contributed by atoms with Crippen LogP contribution in [0.3, 0.4) is 0 Å². The van der Waals surface area contributed by atoms with Crippen molar-refractivity contribution in [3.8, 4) is 0 Å². The Balaban J connectivity index is 4.40. The second-order valence-electron chi connectivity index (χ2n) is 3.26. The summed E-state index contributed by atoms with van der Waals surface area (Å²) in [7, 11) is 1.22. The molecular weight excluding hydrogens is 184 g/mol. The predicted molar refractivity (Wildman–Crippen MR) is 52.5 cm³/mol. The van der Waals surface area contributed by atoms with E-state index in [1.54, 1.807) is 0 Å². The Labute approximate surface area is 83.8 Å². The normalized spacial score (nSPS) is 14.6. The number of rotatable bonds is 6. The number of ketones is 1. The van der Waals surface area contributed by atoms with Crippen LogP contribution in [0.1, 0.15) is 26.2 Å². The number of Topliss-reactive ketones (excluding diaryl/α,β-unsaturated/α-hetero) is 1. The van der Waals surface area contributed by atoms with Crippen molar-refractivity contribution in [3.05, 3.63) is 0 Å². The molecule has 0 heterocycles. The molecule has 5 nitrogen and oxygen atoms in total. The Morgan fingerprint density at radius 2 is 1.93 bits per heavy atom. The number of carbonyl (C=O) groups excluding carboxylic acids is 2. The molecule has 0 rings (SSSR count). The molecule has 0 saturated heterocycles. The van der Waals surface area contributed by atoms with E-state index in [1.807, 2.05) is 0 Å². The molecule has 0 saturated carbocycles. The van der Waals surface area contributed by atoms with Gasteiger partial charge in [0, 0.05) is 0 Å². The van der Waals surface area contributed by atoms with Crippen molar-refractivity contribution in [2.24, 2.45) is 11.5 Å². The summed E-state index contributed by atoms with van der Waals surface area (Å²) in [4.78, 5) is 22.5. The molecule has 0 bridgehead atoms. The Bertz CT molecular complexity index is 218. The maximum Gasteiger partial charge on any atom is 0.333 e. The lowest BCUT2D eigenvalue weighted by Gasteiger charge is -2.23. The smallest absolute Gasteiger partial charge is 0.333 e. The molecule has 0 aromatic heterocycles. The standard InChI is InChI=1S/C9H18N2O3/c1-7(12)9(11,8(13)14-2)5-3-4-6-10/h3-6,10-11H2,1-2H3/t9-/m1/s1. The number of esters is 1. The molecule has 0 aliphatic heterocycles. The van der Waals surface area contributed by atoms with Crippen LogP contribution in [0.5, 0.6) is 0 Å². The van der Waals surface area contributed by atoms with Crippen molar-refractivity contribution in [2.45, 2.75) is 31.7 Å². The Morgan fingerprint density at radius 1 is 1.36 bits per heavy atom. The molecule has 0 unspecified atom stereocenters. The monoisotopic (exact) mass is 202 g/mol. The van der Waals surface area contributed by atoms with Crippen LogP contribution < -0.4 is 11.5 Å². The Hall–Kier alpha value is -0.940. The number of carbonyl (C=O) groups is 2. The van der Waals surface area contributed by atoms with Crippen LogP contribution in [0.4, 0.5) is 0 Å². The Morgan fingerprint density at radius 3 is 2.29 bits per heavy atom. The van der Waals surface area contributed by atoms with Gasteiger partial charge in [-0.05, 0) is 32.7 Å². The van der Waals surface area contributed by atoms with E-state index in [4.69, 9.17) is 11.5 Å². The van der Waals surface area contributed by atoms with E-state index in [9.17, 15) is 9.59 Å². The molecule has 0 fully saturated rings. The minimum absolute atomic E-state index is 0.284. The third-order valence-corrected chi connectivity index (χ3v) is 2.20. The van der Waals surface area contributed by atoms with E-state index < -0.39 is 11.5 Å². The lowest BCUT2D eigenvalue weighted by Crippen LogP contribution is -2.54. The van der Waals surface area contributed by atoms with Crippen molar-refractivity contribution in [1.29, 1.82) is 0 Å². The third kappa shape index (κ3) is 3.08. The molecule has 0 radical (unpaired) electrons. The lowest BCUT2D eigenvalue weighted by atomic mass is 9.90. The van der Waals surface area contributed by atoms with Gasteiger partial charge < -0.3 is 16.2 Å². The number of hydrogen-bond acceptors (Lipinski definition) is 5. The van der Waals surface area contributed by atoms with Gasteiger partial charge in [-0.1, -0.05) is 0 Å². The van der Waals surface area contributed by atoms with Crippen LogP contribution in [0.25, 0.3) is 0 Å². The molecule has 82 valence electrons. The van der Waals surface area contributed by atoms with Crippen LogP contribution in [-0.4, -0.2) is 30.9 Å². The van der Waals surface area contributed by atoms with Gasteiger partial charge in [0.15, 0.2) is 11.3 Å². The second kappa shape index (κ2) is 5.72.